The normalized spacial score (nSPS) is 11.4. The molecule has 0 aliphatic heterocycles. The first-order valence-electron chi connectivity index (χ1n) is 5.30. The standard InChI is InChI=1S/C11H16BNO4/c1-7-5-8(12(14)15)10(11(2,3)4)9(6-7)13(16)17/h5-6,14-15H,1-4H3. The third-order valence-corrected chi connectivity index (χ3v) is 2.52. The van der Waals surface area contributed by atoms with Gasteiger partial charge in [0.1, 0.15) is 0 Å². The van der Waals surface area contributed by atoms with Crippen LogP contribution in [0.25, 0.3) is 0 Å². The van der Waals surface area contributed by atoms with E-state index in [2.05, 4.69) is 0 Å². The molecule has 0 fully saturated rings. The zero-order valence-corrected chi connectivity index (χ0v) is 10.4. The molecule has 6 heteroatoms. The molecule has 1 aromatic carbocycles. The fourth-order valence-corrected chi connectivity index (χ4v) is 1.96. The molecule has 0 aliphatic carbocycles. The molecule has 0 saturated carbocycles. The summed E-state index contributed by atoms with van der Waals surface area (Å²) in [6.07, 6.45) is 0. The van der Waals surface area contributed by atoms with Gasteiger partial charge in [0.15, 0.2) is 0 Å². The van der Waals surface area contributed by atoms with Gasteiger partial charge in [-0.1, -0.05) is 26.8 Å². The van der Waals surface area contributed by atoms with Crippen molar-refractivity contribution in [1.29, 1.82) is 0 Å². The van der Waals surface area contributed by atoms with Crippen molar-refractivity contribution in [3.05, 3.63) is 33.4 Å². The Labute approximate surface area is 100 Å². The van der Waals surface area contributed by atoms with E-state index in [-0.39, 0.29) is 11.2 Å². The summed E-state index contributed by atoms with van der Waals surface area (Å²) in [6.45, 7) is 7.09. The minimum atomic E-state index is -1.71. The minimum absolute atomic E-state index is 0.0689. The van der Waals surface area contributed by atoms with Gasteiger partial charge in [0.25, 0.3) is 5.69 Å². The lowest BCUT2D eigenvalue weighted by Gasteiger charge is -2.23. The molecule has 0 aliphatic rings. The molecule has 1 rings (SSSR count). The molecule has 1 aromatic rings. The van der Waals surface area contributed by atoms with Gasteiger partial charge in [0, 0.05) is 11.6 Å². The number of nitro benzene ring substituents is 1. The Morgan fingerprint density at radius 3 is 2.18 bits per heavy atom. The second-order valence-corrected chi connectivity index (χ2v) is 5.13. The van der Waals surface area contributed by atoms with Crippen LogP contribution in [-0.4, -0.2) is 22.1 Å². The van der Waals surface area contributed by atoms with Crippen LogP contribution in [0.2, 0.25) is 0 Å². The molecule has 0 saturated heterocycles. The van der Waals surface area contributed by atoms with E-state index in [1.807, 2.05) is 0 Å². The maximum absolute atomic E-state index is 11.0. The maximum Gasteiger partial charge on any atom is 0.488 e. The molecule has 17 heavy (non-hydrogen) atoms. The molecule has 2 N–H and O–H groups in total. The largest absolute Gasteiger partial charge is 0.488 e. The van der Waals surface area contributed by atoms with Crippen molar-refractivity contribution >= 4 is 18.3 Å². The van der Waals surface area contributed by atoms with E-state index in [1.165, 1.54) is 6.07 Å². The summed E-state index contributed by atoms with van der Waals surface area (Å²) in [4.78, 5) is 10.6. The Hall–Kier alpha value is -1.40. The molecule has 0 spiro atoms. The second kappa shape index (κ2) is 4.47. The van der Waals surface area contributed by atoms with Gasteiger partial charge in [-0.25, -0.2) is 0 Å². The van der Waals surface area contributed by atoms with Gasteiger partial charge in [-0.05, 0) is 23.4 Å². The molecule has 5 nitrogen and oxygen atoms in total. The lowest BCUT2D eigenvalue weighted by molar-refractivity contribution is -0.385. The lowest BCUT2D eigenvalue weighted by atomic mass is 9.69. The maximum atomic E-state index is 11.0. The van der Waals surface area contributed by atoms with Crippen LogP contribution in [0.5, 0.6) is 0 Å². The topological polar surface area (TPSA) is 83.6 Å². The fraction of sp³-hybridized carbons (Fsp3) is 0.455. The fourth-order valence-electron chi connectivity index (χ4n) is 1.96. The third kappa shape index (κ3) is 2.84. The highest BCUT2D eigenvalue weighted by molar-refractivity contribution is 6.59. The van der Waals surface area contributed by atoms with Crippen molar-refractivity contribution in [2.75, 3.05) is 0 Å². The van der Waals surface area contributed by atoms with Crippen LogP contribution in [0.3, 0.4) is 0 Å². The first-order valence-corrected chi connectivity index (χ1v) is 5.30. The highest BCUT2D eigenvalue weighted by Gasteiger charge is 2.32. The predicted molar refractivity (Wildman–Crippen MR) is 66.4 cm³/mol. The van der Waals surface area contributed by atoms with Crippen molar-refractivity contribution in [2.24, 2.45) is 0 Å². The van der Waals surface area contributed by atoms with E-state index in [0.29, 0.717) is 11.1 Å². The van der Waals surface area contributed by atoms with Crippen molar-refractivity contribution in [3.8, 4) is 0 Å². The molecular weight excluding hydrogens is 221 g/mol. The van der Waals surface area contributed by atoms with Crippen LogP contribution < -0.4 is 5.46 Å². The first-order chi connectivity index (χ1) is 7.64. The van der Waals surface area contributed by atoms with E-state index in [1.54, 1.807) is 33.8 Å². The smallest absolute Gasteiger partial charge is 0.423 e. The molecule has 0 bridgehead atoms. The zero-order valence-electron chi connectivity index (χ0n) is 10.4. The van der Waals surface area contributed by atoms with Gasteiger partial charge >= 0.3 is 7.12 Å². The van der Waals surface area contributed by atoms with Gasteiger partial charge in [-0.15, -0.1) is 0 Å². The van der Waals surface area contributed by atoms with Crippen LogP contribution in [0, 0.1) is 17.0 Å². The molecular formula is C11H16BNO4. The average molecular weight is 237 g/mol. The summed E-state index contributed by atoms with van der Waals surface area (Å²) in [6, 6.07) is 3.02. The van der Waals surface area contributed by atoms with Crippen LogP contribution >= 0.6 is 0 Å². The number of rotatable bonds is 2. The summed E-state index contributed by atoms with van der Waals surface area (Å²) >= 11 is 0. The van der Waals surface area contributed by atoms with Crippen molar-refractivity contribution in [1.82, 2.24) is 0 Å². The molecule has 0 radical (unpaired) electrons. The number of hydrogen-bond acceptors (Lipinski definition) is 4. The number of nitro groups is 1. The minimum Gasteiger partial charge on any atom is -0.423 e. The third-order valence-electron chi connectivity index (χ3n) is 2.52. The lowest BCUT2D eigenvalue weighted by Crippen LogP contribution is -2.38. The Morgan fingerprint density at radius 1 is 1.29 bits per heavy atom. The number of aryl methyl sites for hydroxylation is 1. The summed E-state index contributed by atoms with van der Waals surface area (Å²) in [5, 5.41) is 29.7. The van der Waals surface area contributed by atoms with E-state index < -0.39 is 17.5 Å². The van der Waals surface area contributed by atoms with Gasteiger partial charge in [-0.3, -0.25) is 10.1 Å². The van der Waals surface area contributed by atoms with Crippen LogP contribution in [0.15, 0.2) is 12.1 Å². The molecule has 0 heterocycles. The van der Waals surface area contributed by atoms with Gasteiger partial charge in [0.05, 0.1) is 4.92 Å². The van der Waals surface area contributed by atoms with E-state index in [4.69, 9.17) is 0 Å². The Morgan fingerprint density at radius 2 is 1.82 bits per heavy atom. The summed E-state index contributed by atoms with van der Waals surface area (Å²) < 4.78 is 0. The quantitative estimate of drug-likeness (QED) is 0.454. The highest BCUT2D eigenvalue weighted by atomic mass is 16.6. The molecule has 0 amide bonds. The van der Waals surface area contributed by atoms with E-state index in [0.717, 1.165) is 0 Å². The van der Waals surface area contributed by atoms with Crippen LogP contribution in [0.4, 0.5) is 5.69 Å². The predicted octanol–water partition coefficient (Wildman–Crippen LogP) is 0.881. The summed E-state index contributed by atoms with van der Waals surface area (Å²) in [5.74, 6) is 0. The van der Waals surface area contributed by atoms with Gasteiger partial charge in [0.2, 0.25) is 0 Å². The monoisotopic (exact) mass is 237 g/mol. The Kier molecular flexibility index (Phi) is 3.59. The van der Waals surface area contributed by atoms with Crippen molar-refractivity contribution in [2.45, 2.75) is 33.1 Å². The Bertz CT molecular complexity index is 452. The van der Waals surface area contributed by atoms with Gasteiger partial charge in [-0.2, -0.15) is 0 Å². The number of nitrogens with zero attached hydrogens (tertiary/aromatic N) is 1. The van der Waals surface area contributed by atoms with E-state index >= 15 is 0 Å². The van der Waals surface area contributed by atoms with Gasteiger partial charge < -0.3 is 10.0 Å². The molecule has 92 valence electrons. The average Bonchev–Trinajstić information content (AvgIpc) is 2.14. The first kappa shape index (κ1) is 13.7. The summed E-state index contributed by atoms with van der Waals surface area (Å²) in [7, 11) is -1.71. The van der Waals surface area contributed by atoms with Crippen LogP contribution in [0.1, 0.15) is 31.9 Å². The molecule has 0 atom stereocenters. The summed E-state index contributed by atoms with van der Waals surface area (Å²) in [5.41, 5.74) is 0.593. The SMILES string of the molecule is Cc1cc(B(O)O)c(C(C)(C)C)c([N+](=O)[O-])c1. The molecule has 0 aromatic heterocycles. The number of hydrogen-bond donors (Lipinski definition) is 2. The van der Waals surface area contributed by atoms with Crippen molar-refractivity contribution in [3.63, 3.8) is 0 Å². The second-order valence-electron chi connectivity index (χ2n) is 5.13. The van der Waals surface area contributed by atoms with Crippen molar-refractivity contribution < 1.29 is 15.0 Å². The number of benzene rings is 1. The van der Waals surface area contributed by atoms with Crippen LogP contribution in [-0.2, 0) is 5.41 Å². The zero-order chi connectivity index (χ0) is 13.4. The van der Waals surface area contributed by atoms with E-state index in [9.17, 15) is 20.2 Å². The molecule has 0 unspecified atom stereocenters. The Balaban J connectivity index is 3.66. The highest BCUT2D eigenvalue weighted by Crippen LogP contribution is 2.30.